The second kappa shape index (κ2) is 4.55. The van der Waals surface area contributed by atoms with E-state index in [-0.39, 0.29) is 11.3 Å². The standard InChI is InChI=1S/C14H16N4/c1-4-10-6-13(3,5-2)14(8-16,9-17)12(18)11(10)7-15/h4H,5-6,18H2,1-3H3/b10-4+. The van der Waals surface area contributed by atoms with Crippen LogP contribution < -0.4 is 5.73 Å². The Bertz CT molecular complexity index is 534. The molecule has 1 aliphatic carbocycles. The van der Waals surface area contributed by atoms with E-state index in [9.17, 15) is 15.8 Å². The van der Waals surface area contributed by atoms with Crippen LogP contribution in [0.3, 0.4) is 0 Å². The van der Waals surface area contributed by atoms with Crippen LogP contribution in [0.1, 0.15) is 33.6 Å². The lowest BCUT2D eigenvalue weighted by Gasteiger charge is -2.43. The molecule has 0 aromatic heterocycles. The summed E-state index contributed by atoms with van der Waals surface area (Å²) in [6, 6.07) is 6.11. The molecule has 0 fully saturated rings. The summed E-state index contributed by atoms with van der Waals surface area (Å²) in [5, 5.41) is 28.1. The maximum absolute atomic E-state index is 9.44. The lowest BCUT2D eigenvalue weighted by atomic mass is 9.56. The van der Waals surface area contributed by atoms with Crippen molar-refractivity contribution >= 4 is 0 Å². The molecule has 2 N–H and O–H groups in total. The van der Waals surface area contributed by atoms with Gasteiger partial charge in [0, 0.05) is 5.41 Å². The minimum absolute atomic E-state index is 0.0960. The molecule has 0 aromatic rings. The van der Waals surface area contributed by atoms with Gasteiger partial charge in [0.05, 0.1) is 23.4 Å². The smallest absolute Gasteiger partial charge is 0.189 e. The molecule has 0 heterocycles. The predicted octanol–water partition coefficient (Wildman–Crippen LogP) is 2.52. The molecule has 0 aromatic carbocycles. The number of rotatable bonds is 1. The fourth-order valence-electron chi connectivity index (χ4n) is 2.51. The van der Waals surface area contributed by atoms with Gasteiger partial charge in [0.2, 0.25) is 0 Å². The highest BCUT2D eigenvalue weighted by atomic mass is 14.7. The topological polar surface area (TPSA) is 97.4 Å². The summed E-state index contributed by atoms with van der Waals surface area (Å²) in [5.74, 6) is 0. The highest BCUT2D eigenvalue weighted by Crippen LogP contribution is 2.54. The van der Waals surface area contributed by atoms with Crippen molar-refractivity contribution < 1.29 is 0 Å². The second-order valence-corrected chi connectivity index (χ2v) is 4.78. The Morgan fingerprint density at radius 1 is 1.33 bits per heavy atom. The fraction of sp³-hybridized carbons (Fsp3) is 0.500. The first-order chi connectivity index (χ1) is 8.46. The monoisotopic (exact) mass is 240 g/mol. The molecule has 4 nitrogen and oxygen atoms in total. The first-order valence-corrected chi connectivity index (χ1v) is 5.84. The molecular formula is C14H16N4. The lowest BCUT2D eigenvalue weighted by Crippen LogP contribution is -2.45. The van der Waals surface area contributed by atoms with Gasteiger partial charge in [-0.2, -0.15) is 15.8 Å². The van der Waals surface area contributed by atoms with Gasteiger partial charge < -0.3 is 5.73 Å². The lowest BCUT2D eigenvalue weighted by molar-refractivity contribution is 0.180. The Morgan fingerprint density at radius 2 is 1.89 bits per heavy atom. The number of nitrogens with two attached hydrogens (primary N) is 1. The number of allylic oxidation sites excluding steroid dienone is 4. The van der Waals surface area contributed by atoms with Gasteiger partial charge in [-0.05, 0) is 25.3 Å². The van der Waals surface area contributed by atoms with Crippen molar-refractivity contribution in [2.45, 2.75) is 33.6 Å². The maximum Gasteiger partial charge on any atom is 0.189 e. The van der Waals surface area contributed by atoms with Gasteiger partial charge in [0.15, 0.2) is 5.41 Å². The first-order valence-electron chi connectivity index (χ1n) is 5.84. The molecule has 4 heteroatoms. The van der Waals surface area contributed by atoms with Crippen LogP contribution >= 0.6 is 0 Å². The van der Waals surface area contributed by atoms with Gasteiger partial charge in [-0.25, -0.2) is 0 Å². The van der Waals surface area contributed by atoms with E-state index in [2.05, 4.69) is 0 Å². The van der Waals surface area contributed by atoms with E-state index in [0.29, 0.717) is 12.8 Å². The first kappa shape index (κ1) is 13.8. The zero-order valence-electron chi connectivity index (χ0n) is 10.9. The van der Waals surface area contributed by atoms with Gasteiger partial charge in [-0.15, -0.1) is 0 Å². The van der Waals surface area contributed by atoms with Crippen molar-refractivity contribution in [1.82, 2.24) is 0 Å². The van der Waals surface area contributed by atoms with E-state index in [1.807, 2.05) is 45.1 Å². The summed E-state index contributed by atoms with van der Waals surface area (Å²) in [6.07, 6.45) is 2.99. The number of nitriles is 3. The quantitative estimate of drug-likeness (QED) is 0.761. The average Bonchev–Trinajstić information content (AvgIpc) is 2.39. The third-order valence-corrected chi connectivity index (χ3v) is 4.06. The maximum atomic E-state index is 9.44. The number of nitrogens with zero attached hydrogens (tertiary/aromatic N) is 3. The van der Waals surface area contributed by atoms with Crippen LogP contribution in [0.4, 0.5) is 0 Å². The van der Waals surface area contributed by atoms with Gasteiger partial charge in [0.25, 0.3) is 0 Å². The Labute approximate surface area is 108 Å². The summed E-state index contributed by atoms with van der Waals surface area (Å²) in [5.41, 5.74) is 5.19. The Morgan fingerprint density at radius 3 is 2.22 bits per heavy atom. The van der Waals surface area contributed by atoms with Crippen LogP contribution in [0.25, 0.3) is 0 Å². The molecule has 0 radical (unpaired) electrons. The molecule has 1 atom stereocenters. The van der Waals surface area contributed by atoms with Crippen molar-refractivity contribution in [2.24, 2.45) is 16.6 Å². The molecule has 18 heavy (non-hydrogen) atoms. The molecule has 0 saturated carbocycles. The van der Waals surface area contributed by atoms with Crippen LogP contribution in [0.2, 0.25) is 0 Å². The summed E-state index contributed by atoms with van der Waals surface area (Å²) in [4.78, 5) is 0. The van der Waals surface area contributed by atoms with Crippen LogP contribution in [-0.2, 0) is 0 Å². The van der Waals surface area contributed by atoms with E-state index in [0.717, 1.165) is 5.57 Å². The molecule has 1 rings (SSSR count). The highest BCUT2D eigenvalue weighted by Gasteiger charge is 2.54. The summed E-state index contributed by atoms with van der Waals surface area (Å²) in [6.45, 7) is 5.65. The average molecular weight is 240 g/mol. The minimum Gasteiger partial charge on any atom is -0.399 e. The van der Waals surface area contributed by atoms with Crippen molar-refractivity contribution in [1.29, 1.82) is 15.8 Å². The van der Waals surface area contributed by atoms with Gasteiger partial charge in [-0.3, -0.25) is 0 Å². The minimum atomic E-state index is -1.42. The molecule has 0 spiro atoms. The van der Waals surface area contributed by atoms with E-state index < -0.39 is 10.8 Å². The second-order valence-electron chi connectivity index (χ2n) is 4.78. The molecule has 0 amide bonds. The molecule has 0 bridgehead atoms. The highest BCUT2D eigenvalue weighted by molar-refractivity contribution is 5.55. The van der Waals surface area contributed by atoms with Crippen molar-refractivity contribution in [2.75, 3.05) is 0 Å². The van der Waals surface area contributed by atoms with Crippen LogP contribution in [-0.4, -0.2) is 0 Å². The third-order valence-electron chi connectivity index (χ3n) is 4.06. The fourth-order valence-corrected chi connectivity index (χ4v) is 2.51. The van der Waals surface area contributed by atoms with Gasteiger partial charge in [0.1, 0.15) is 6.07 Å². The molecule has 0 aliphatic heterocycles. The SMILES string of the molecule is C/C=C1\CC(C)(CC)C(C#N)(C#N)C(N)=C1C#N. The third kappa shape index (κ3) is 1.49. The van der Waals surface area contributed by atoms with Crippen LogP contribution in [0.15, 0.2) is 22.9 Å². The zero-order chi connectivity index (χ0) is 14.0. The van der Waals surface area contributed by atoms with E-state index in [4.69, 9.17) is 5.73 Å². The summed E-state index contributed by atoms with van der Waals surface area (Å²) in [7, 11) is 0. The van der Waals surface area contributed by atoms with E-state index in [1.54, 1.807) is 0 Å². The van der Waals surface area contributed by atoms with E-state index >= 15 is 0 Å². The molecule has 0 saturated heterocycles. The number of hydrogen-bond donors (Lipinski definition) is 1. The molecular weight excluding hydrogens is 224 g/mol. The molecule has 1 unspecified atom stereocenters. The zero-order valence-corrected chi connectivity index (χ0v) is 10.9. The van der Waals surface area contributed by atoms with Crippen molar-refractivity contribution in [3.8, 4) is 18.2 Å². The Hall–Kier alpha value is -2.25. The Kier molecular flexibility index (Phi) is 3.49. The Balaban J connectivity index is 3.73. The van der Waals surface area contributed by atoms with Gasteiger partial charge in [-0.1, -0.05) is 19.9 Å². The van der Waals surface area contributed by atoms with Gasteiger partial charge >= 0.3 is 0 Å². The largest absolute Gasteiger partial charge is 0.399 e. The summed E-state index contributed by atoms with van der Waals surface area (Å²) >= 11 is 0. The van der Waals surface area contributed by atoms with Crippen molar-refractivity contribution in [3.63, 3.8) is 0 Å². The number of hydrogen-bond acceptors (Lipinski definition) is 4. The van der Waals surface area contributed by atoms with Crippen LogP contribution in [0.5, 0.6) is 0 Å². The molecule has 1 aliphatic rings. The van der Waals surface area contributed by atoms with Crippen molar-refractivity contribution in [3.05, 3.63) is 22.9 Å². The van der Waals surface area contributed by atoms with Crippen LogP contribution in [0, 0.1) is 44.8 Å². The molecule has 92 valence electrons. The summed E-state index contributed by atoms with van der Waals surface area (Å²) < 4.78 is 0. The predicted molar refractivity (Wildman–Crippen MR) is 67.3 cm³/mol. The normalized spacial score (nSPS) is 28.3. The van der Waals surface area contributed by atoms with E-state index in [1.165, 1.54) is 0 Å².